The maximum Gasteiger partial charge on any atom is 0.434 e. The molecule has 3 aromatic rings. The SMILES string of the molecule is C[C@@H]1CN(c2ccc(-n3cc(C(=O)NCCCN4CCOCC4)nn3)cc2NC(=O)c2ncc(C(F)(F)F)nc2Cl)CCN1C. The summed E-state index contributed by atoms with van der Waals surface area (Å²) in [6.07, 6.45) is -2.04. The van der Waals surface area contributed by atoms with Crippen LogP contribution < -0.4 is 15.5 Å². The lowest BCUT2D eigenvalue weighted by Crippen LogP contribution is -2.50. The standard InChI is InChI=1S/C28H34ClF3N10O3/c1-18-16-41(9-8-39(18)2)22-5-4-19(14-20(22)35-27(44)24-25(29)36-23(15-34-24)28(30,31)32)42-17-21(37-38-42)26(43)33-6-3-7-40-10-12-45-13-11-40/h4-5,14-15,17-18H,3,6-13,16H2,1-2H3,(H,33,43)(H,35,44)/t18-/m1/s1. The third-order valence-corrected chi connectivity index (χ3v) is 8.06. The summed E-state index contributed by atoms with van der Waals surface area (Å²) in [5.74, 6) is -1.20. The van der Waals surface area contributed by atoms with Crippen LogP contribution in [0.15, 0.2) is 30.6 Å². The third kappa shape index (κ3) is 8.06. The number of ether oxygens (including phenoxy) is 1. The van der Waals surface area contributed by atoms with E-state index in [2.05, 4.69) is 52.5 Å². The molecule has 13 nitrogen and oxygen atoms in total. The zero-order valence-electron chi connectivity index (χ0n) is 24.8. The van der Waals surface area contributed by atoms with Crippen LogP contribution in [0.3, 0.4) is 0 Å². The van der Waals surface area contributed by atoms with Gasteiger partial charge in [-0.05, 0) is 45.1 Å². The van der Waals surface area contributed by atoms with Crippen molar-refractivity contribution in [2.24, 2.45) is 0 Å². The molecule has 4 heterocycles. The summed E-state index contributed by atoms with van der Waals surface area (Å²) in [6.45, 7) is 8.72. The average Bonchev–Trinajstić information content (AvgIpc) is 3.51. The van der Waals surface area contributed by atoms with Crippen LogP contribution in [0.25, 0.3) is 5.69 Å². The van der Waals surface area contributed by atoms with Gasteiger partial charge in [0.25, 0.3) is 11.8 Å². The van der Waals surface area contributed by atoms with Gasteiger partial charge in [0.1, 0.15) is 0 Å². The summed E-state index contributed by atoms with van der Waals surface area (Å²) < 4.78 is 45.9. The van der Waals surface area contributed by atoms with Crippen molar-refractivity contribution < 1.29 is 27.5 Å². The molecule has 1 aromatic carbocycles. The van der Waals surface area contributed by atoms with Gasteiger partial charge in [-0.2, -0.15) is 13.2 Å². The number of carbonyl (C=O) groups is 2. The minimum atomic E-state index is -4.76. The Morgan fingerprint density at radius 2 is 1.91 bits per heavy atom. The Bertz CT molecular complexity index is 1520. The number of hydrogen-bond acceptors (Lipinski definition) is 10. The molecule has 0 unspecified atom stereocenters. The minimum Gasteiger partial charge on any atom is -0.379 e. The van der Waals surface area contributed by atoms with Crippen LogP contribution in [0, 0.1) is 0 Å². The predicted octanol–water partition coefficient (Wildman–Crippen LogP) is 2.57. The van der Waals surface area contributed by atoms with Gasteiger partial charge >= 0.3 is 6.18 Å². The number of aromatic nitrogens is 5. The van der Waals surface area contributed by atoms with Crippen molar-refractivity contribution in [1.82, 2.24) is 40.1 Å². The second-order valence-electron chi connectivity index (χ2n) is 10.9. The number of nitrogens with zero attached hydrogens (tertiary/aromatic N) is 8. The van der Waals surface area contributed by atoms with Crippen LogP contribution >= 0.6 is 11.6 Å². The Morgan fingerprint density at radius 1 is 1.13 bits per heavy atom. The van der Waals surface area contributed by atoms with Crippen LogP contribution in [-0.2, 0) is 10.9 Å². The summed E-state index contributed by atoms with van der Waals surface area (Å²) in [5.41, 5.74) is -0.129. The highest BCUT2D eigenvalue weighted by atomic mass is 35.5. The van der Waals surface area contributed by atoms with Crippen LogP contribution in [0.2, 0.25) is 5.15 Å². The summed E-state index contributed by atoms with van der Waals surface area (Å²) >= 11 is 5.95. The first-order valence-electron chi connectivity index (χ1n) is 14.5. The number of likely N-dealkylation sites (N-methyl/N-ethyl adjacent to an activating group) is 1. The van der Waals surface area contributed by atoms with Crippen molar-refractivity contribution in [2.75, 3.05) is 76.3 Å². The highest BCUT2D eigenvalue weighted by molar-refractivity contribution is 6.33. The number of alkyl halides is 3. The molecule has 0 radical (unpaired) electrons. The van der Waals surface area contributed by atoms with E-state index in [1.165, 1.54) is 10.9 Å². The Hall–Kier alpha value is -3.86. The lowest BCUT2D eigenvalue weighted by atomic mass is 10.1. The second-order valence-corrected chi connectivity index (χ2v) is 11.3. The Morgan fingerprint density at radius 3 is 2.62 bits per heavy atom. The largest absolute Gasteiger partial charge is 0.434 e. The molecule has 2 N–H and O–H groups in total. The summed E-state index contributed by atoms with van der Waals surface area (Å²) in [6, 6.07) is 5.44. The quantitative estimate of drug-likeness (QED) is 0.333. The van der Waals surface area contributed by atoms with Gasteiger partial charge in [0, 0.05) is 45.3 Å². The van der Waals surface area contributed by atoms with E-state index < -0.39 is 28.6 Å². The van der Waals surface area contributed by atoms with Crippen molar-refractivity contribution in [2.45, 2.75) is 25.6 Å². The van der Waals surface area contributed by atoms with Crippen LogP contribution in [0.5, 0.6) is 0 Å². The van der Waals surface area contributed by atoms with Crippen molar-refractivity contribution in [3.05, 3.63) is 52.8 Å². The Kier molecular flexibility index (Phi) is 10.2. The van der Waals surface area contributed by atoms with E-state index in [1.54, 1.807) is 18.2 Å². The molecule has 17 heteroatoms. The number of carbonyl (C=O) groups excluding carboxylic acids is 2. The normalized spacial score (nSPS) is 18.2. The number of piperazine rings is 1. The smallest absolute Gasteiger partial charge is 0.379 e. The first-order valence-corrected chi connectivity index (χ1v) is 14.9. The molecule has 0 saturated carbocycles. The number of benzene rings is 1. The van der Waals surface area contributed by atoms with Crippen LogP contribution in [0.1, 0.15) is 40.0 Å². The zero-order chi connectivity index (χ0) is 32.1. The molecular formula is C28H34ClF3N10O3. The van der Waals surface area contributed by atoms with Crippen molar-refractivity contribution in [3.63, 3.8) is 0 Å². The molecule has 242 valence electrons. The lowest BCUT2D eigenvalue weighted by molar-refractivity contribution is -0.141. The van der Waals surface area contributed by atoms with Gasteiger partial charge in [0.2, 0.25) is 0 Å². The van der Waals surface area contributed by atoms with Gasteiger partial charge in [-0.25, -0.2) is 14.6 Å². The number of nitrogens with one attached hydrogen (secondary N) is 2. The molecular weight excluding hydrogens is 617 g/mol. The predicted molar refractivity (Wildman–Crippen MR) is 160 cm³/mol. The van der Waals surface area contributed by atoms with Gasteiger partial charge in [-0.15, -0.1) is 5.10 Å². The van der Waals surface area contributed by atoms with Gasteiger partial charge < -0.3 is 25.2 Å². The first-order chi connectivity index (χ1) is 21.5. The molecule has 5 rings (SSSR count). The average molecular weight is 651 g/mol. The fraction of sp³-hybridized carbons (Fsp3) is 0.500. The number of anilines is 2. The molecule has 2 aromatic heterocycles. The summed E-state index contributed by atoms with van der Waals surface area (Å²) in [5, 5.41) is 13.0. The number of morpholine rings is 1. The molecule has 0 aliphatic carbocycles. The van der Waals surface area contributed by atoms with Crippen LogP contribution in [0.4, 0.5) is 24.5 Å². The summed E-state index contributed by atoms with van der Waals surface area (Å²) in [7, 11) is 2.03. The molecule has 2 fully saturated rings. The number of halogens is 4. The Labute approximate surface area is 262 Å². The maximum absolute atomic E-state index is 13.2. The number of hydrogen-bond donors (Lipinski definition) is 2. The van der Waals surface area contributed by atoms with Gasteiger partial charge in [-0.3, -0.25) is 14.5 Å². The molecule has 2 amide bonds. The Balaban J connectivity index is 1.33. The van der Waals surface area contributed by atoms with Crippen molar-refractivity contribution in [3.8, 4) is 5.69 Å². The third-order valence-electron chi connectivity index (χ3n) is 7.80. The second kappa shape index (κ2) is 14.1. The fourth-order valence-electron chi connectivity index (χ4n) is 5.06. The van der Waals surface area contributed by atoms with Crippen molar-refractivity contribution >= 4 is 34.8 Å². The molecule has 2 saturated heterocycles. The van der Waals surface area contributed by atoms with E-state index in [0.29, 0.717) is 56.1 Å². The van der Waals surface area contributed by atoms with Gasteiger partial charge in [-0.1, -0.05) is 16.8 Å². The molecule has 0 spiro atoms. The van der Waals surface area contributed by atoms with Gasteiger partial charge in [0.15, 0.2) is 22.2 Å². The highest BCUT2D eigenvalue weighted by Crippen LogP contribution is 2.32. The van der Waals surface area contributed by atoms with E-state index in [1.807, 2.05) is 7.05 Å². The zero-order valence-corrected chi connectivity index (χ0v) is 25.6. The first kappa shape index (κ1) is 32.5. The molecule has 2 aliphatic rings. The minimum absolute atomic E-state index is 0.121. The van der Waals surface area contributed by atoms with E-state index >= 15 is 0 Å². The monoisotopic (exact) mass is 650 g/mol. The molecule has 2 aliphatic heterocycles. The topological polar surface area (TPSA) is 134 Å². The fourth-order valence-corrected chi connectivity index (χ4v) is 5.29. The molecule has 1 atom stereocenters. The summed E-state index contributed by atoms with van der Waals surface area (Å²) in [4.78, 5) is 39.5. The van der Waals surface area contributed by atoms with E-state index in [0.717, 1.165) is 32.6 Å². The maximum atomic E-state index is 13.2. The molecule has 45 heavy (non-hydrogen) atoms. The number of rotatable bonds is 9. The number of amides is 2. The van der Waals surface area contributed by atoms with E-state index in [9.17, 15) is 22.8 Å². The lowest BCUT2D eigenvalue weighted by Gasteiger charge is -2.39. The van der Waals surface area contributed by atoms with Crippen LogP contribution in [-0.4, -0.2) is 119 Å². The highest BCUT2D eigenvalue weighted by Gasteiger charge is 2.34. The van der Waals surface area contributed by atoms with E-state index in [-0.39, 0.29) is 17.6 Å². The van der Waals surface area contributed by atoms with Gasteiger partial charge in [0.05, 0.1) is 42.7 Å². The van der Waals surface area contributed by atoms with E-state index in [4.69, 9.17) is 16.3 Å². The van der Waals surface area contributed by atoms with Crippen molar-refractivity contribution in [1.29, 1.82) is 0 Å². The molecule has 0 bridgehead atoms.